The molecule has 0 saturated heterocycles. The number of aromatic nitrogens is 3. The van der Waals surface area contributed by atoms with Crippen molar-refractivity contribution >= 4 is 223 Å². The van der Waals surface area contributed by atoms with E-state index in [1.807, 2.05) is 0 Å². The molecule has 300 valence electrons. The number of carbonyl (C=O) groups excluding carboxylic acids is 1. The van der Waals surface area contributed by atoms with Gasteiger partial charge >= 0.3 is 16.4 Å². The van der Waals surface area contributed by atoms with Crippen LogP contribution in [-0.2, 0) is 54.2 Å². The van der Waals surface area contributed by atoms with E-state index in [-0.39, 0.29) is 157 Å². The van der Waals surface area contributed by atoms with Gasteiger partial charge in [0, 0.05) is 130 Å². The Hall–Kier alpha value is -1.59. The molecule has 1 atom stereocenters. The van der Waals surface area contributed by atoms with Crippen molar-refractivity contribution in [3.05, 3.63) is 72.0 Å². The molecule has 4 aromatic rings. The molecule has 1 aromatic heterocycles. The second-order valence-electron chi connectivity index (χ2n) is 10.8. The third-order valence-corrected chi connectivity index (χ3v) is 11.0. The van der Waals surface area contributed by atoms with Gasteiger partial charge in [0.25, 0.3) is 26.1 Å². The number of halogens is 1. The molecule has 2 heterocycles. The first kappa shape index (κ1) is 56.4. The predicted molar refractivity (Wildman–Crippen MR) is 214 cm³/mol. The number of amides is 1. The van der Waals surface area contributed by atoms with Crippen LogP contribution in [0.4, 0.5) is 34.6 Å². The Bertz CT molecular complexity index is 2760. The number of nitrogens with zero attached hydrogens (tertiary/aromatic N) is 7. The normalized spacial score (nSPS) is 14.2. The maximum absolute atomic E-state index is 13.2. The number of carboxylic acids is 1. The maximum Gasteiger partial charge on any atom is 0.397 e. The van der Waals surface area contributed by atoms with E-state index >= 15 is 0 Å². The van der Waals surface area contributed by atoms with Crippen molar-refractivity contribution in [3.8, 4) is 0 Å². The fraction of sp³-hybridized carbons (Fsp3) is 0.111. The van der Waals surface area contributed by atoms with Crippen LogP contribution in [0.15, 0.2) is 96.7 Å². The molecule has 60 heavy (non-hydrogen) atoms. The Morgan fingerprint density at radius 2 is 1.30 bits per heavy atom. The van der Waals surface area contributed by atoms with E-state index < -0.39 is 91.9 Å². The average molecular weight is 968 g/mol. The molecule has 0 fully saturated rings. The zero-order valence-corrected chi connectivity index (χ0v) is 43.3. The average Bonchev–Trinajstić information content (AvgIpc) is 3.42. The van der Waals surface area contributed by atoms with Gasteiger partial charge in [-0.2, -0.15) is 60.5 Å². The molecule has 24 nitrogen and oxygen atoms in total. The molecule has 1 aliphatic rings. The number of sulfone groups is 1. The number of anilines is 5. The third-order valence-electron chi connectivity index (χ3n) is 6.94. The first-order valence-electron chi connectivity index (χ1n) is 14.7. The first-order chi connectivity index (χ1) is 26.0. The van der Waals surface area contributed by atoms with Gasteiger partial charge in [0.15, 0.2) is 15.5 Å². The standard InChI is InChI=1S/C27H22ClN9O15S4.4Na/c28-25-31-26(29-14-1-6-17(7-2-14)53(41,42)12-11-52-56(49,50)51)33-27(32-25)30-15-3-10-20(55(46,47)48)19(13-15)34-35-21-22(24(39)40)36-37(23(21)38)16-4-8-18(9-5-16)54(43,44)45;;;;/h1-10,13,21H,11-12H2,(H,39,40)(H,43,44,45)(H,46,47,48)(H,49,50,51)(H2,29,30,31,32,33);;;;. The molecule has 0 aliphatic carbocycles. The zero-order valence-electron chi connectivity index (χ0n) is 31.3. The quantitative estimate of drug-likeness (QED) is 0.0537. The van der Waals surface area contributed by atoms with Gasteiger partial charge in [-0.05, 0) is 78.3 Å². The van der Waals surface area contributed by atoms with Gasteiger partial charge in [-0.1, -0.05) is 0 Å². The summed E-state index contributed by atoms with van der Waals surface area (Å²) >= 11 is 6.05. The van der Waals surface area contributed by atoms with Crippen LogP contribution in [0.3, 0.4) is 0 Å². The number of rotatable bonds is 15. The molecule has 33 heteroatoms. The summed E-state index contributed by atoms with van der Waals surface area (Å²) in [5.74, 6) is -4.02. The minimum atomic E-state index is -5.00. The van der Waals surface area contributed by atoms with Crippen LogP contribution >= 0.6 is 11.6 Å². The van der Waals surface area contributed by atoms with Crippen LogP contribution in [0.5, 0.6) is 0 Å². The van der Waals surface area contributed by atoms with E-state index in [0.29, 0.717) is 5.01 Å². The second kappa shape index (κ2) is 22.9. The summed E-state index contributed by atoms with van der Waals surface area (Å²) in [7, 11) is -18.4. The summed E-state index contributed by atoms with van der Waals surface area (Å²) in [5, 5.41) is 26.4. The maximum atomic E-state index is 13.2. The molecule has 3 aromatic carbocycles. The van der Waals surface area contributed by atoms with Crippen molar-refractivity contribution in [1.29, 1.82) is 0 Å². The van der Waals surface area contributed by atoms with Crippen LogP contribution in [0.1, 0.15) is 0 Å². The number of carbonyl (C=O) groups is 2. The topological polar surface area (TPSA) is 364 Å². The molecule has 0 spiro atoms. The van der Waals surface area contributed by atoms with E-state index in [1.54, 1.807) is 0 Å². The van der Waals surface area contributed by atoms with Crippen LogP contribution in [0.2, 0.25) is 5.28 Å². The van der Waals surface area contributed by atoms with E-state index in [0.717, 1.165) is 42.5 Å². The van der Waals surface area contributed by atoms with Gasteiger partial charge in [-0.15, -0.1) is 0 Å². The number of hydrogen-bond donors (Lipinski definition) is 6. The van der Waals surface area contributed by atoms with Gasteiger partial charge in [0.1, 0.15) is 10.6 Å². The fourth-order valence-corrected chi connectivity index (χ4v) is 7.23. The largest absolute Gasteiger partial charge is 0.477 e. The minimum Gasteiger partial charge on any atom is -0.477 e. The van der Waals surface area contributed by atoms with E-state index in [1.165, 1.54) is 24.3 Å². The summed E-state index contributed by atoms with van der Waals surface area (Å²) in [6, 6.07) is 9.95. The summed E-state index contributed by atoms with van der Waals surface area (Å²) in [4.78, 5) is 35.5. The Morgan fingerprint density at radius 1 is 0.767 bits per heavy atom. The van der Waals surface area contributed by atoms with Crippen LogP contribution < -0.4 is 15.6 Å². The van der Waals surface area contributed by atoms with Crippen molar-refractivity contribution in [2.24, 2.45) is 15.3 Å². The van der Waals surface area contributed by atoms with Crippen molar-refractivity contribution in [1.82, 2.24) is 15.0 Å². The van der Waals surface area contributed by atoms with Crippen LogP contribution in [0.25, 0.3) is 0 Å². The Labute approximate surface area is 434 Å². The van der Waals surface area contributed by atoms with Gasteiger partial charge in [-0.3, -0.25) is 18.5 Å². The molecule has 1 amide bonds. The summed E-state index contributed by atoms with van der Waals surface area (Å²) < 4.78 is 125. The molecule has 6 N–H and O–H groups in total. The number of benzene rings is 3. The minimum absolute atomic E-state index is 0. The van der Waals surface area contributed by atoms with E-state index in [4.69, 9.17) is 16.2 Å². The van der Waals surface area contributed by atoms with Gasteiger partial charge in [0.2, 0.25) is 23.2 Å². The molecule has 5 rings (SSSR count). The number of carboxylic acid groups (broad SMARTS) is 1. The summed E-state index contributed by atoms with van der Waals surface area (Å²) in [6.07, 6.45) is 0. The van der Waals surface area contributed by atoms with E-state index in [2.05, 4.69) is 45.1 Å². The monoisotopic (exact) mass is 967 g/mol. The Morgan fingerprint density at radius 3 is 1.82 bits per heavy atom. The Kier molecular flexibility index (Phi) is 21.5. The first-order valence-corrected chi connectivity index (χ1v) is 20.9. The molecule has 1 unspecified atom stereocenters. The second-order valence-corrected chi connectivity index (χ2v) is 17.1. The molecular weight excluding hydrogens is 946 g/mol. The number of aliphatic carboxylic acids is 1. The van der Waals surface area contributed by atoms with Crippen molar-refractivity contribution < 1.29 is 66.2 Å². The zero-order chi connectivity index (χ0) is 41.2. The molecule has 4 radical (unpaired) electrons. The predicted octanol–water partition coefficient (Wildman–Crippen LogP) is 0.515. The fourth-order valence-electron chi connectivity index (χ4n) is 4.50. The van der Waals surface area contributed by atoms with Gasteiger partial charge in [-0.25, -0.2) is 17.4 Å². The van der Waals surface area contributed by atoms with Crippen LogP contribution in [0, 0.1) is 0 Å². The number of nitrogens with one attached hydrogen (secondary N) is 2. The van der Waals surface area contributed by atoms with Gasteiger partial charge in [0.05, 0.1) is 27.8 Å². The van der Waals surface area contributed by atoms with Crippen molar-refractivity contribution in [2.45, 2.75) is 20.7 Å². The number of hydrogen-bond acceptors (Lipinski definition) is 19. The van der Waals surface area contributed by atoms with Crippen molar-refractivity contribution in [3.63, 3.8) is 0 Å². The third kappa shape index (κ3) is 15.3. The van der Waals surface area contributed by atoms with E-state index in [9.17, 15) is 57.5 Å². The summed E-state index contributed by atoms with van der Waals surface area (Å²) in [6.45, 7) is -0.830. The molecule has 0 saturated carbocycles. The smallest absolute Gasteiger partial charge is 0.397 e. The van der Waals surface area contributed by atoms with Crippen LogP contribution in [-0.4, -0.2) is 222 Å². The summed E-state index contributed by atoms with van der Waals surface area (Å²) in [5.41, 5.74) is -1.37. The van der Waals surface area contributed by atoms with Crippen molar-refractivity contribution in [2.75, 3.05) is 28.0 Å². The van der Waals surface area contributed by atoms with Gasteiger partial charge < -0.3 is 15.7 Å². The Balaban J connectivity index is 0.00000450. The molecule has 1 aliphatic heterocycles. The number of azo groups is 1. The number of hydrazone groups is 1. The molecule has 0 bridgehead atoms. The molecular formula is C27H22ClN9Na4O15S4. The SMILES string of the molecule is O=C(O)C1=NN(c2ccc(S(=O)(=O)O)cc2)C(=O)C1N=Nc1cc(Nc2nc(Cl)nc(Nc3ccc(S(=O)(=O)CCOS(=O)(=O)O)cc3)n2)ccc1S(=O)(=O)O.[Na].[Na].[Na].[Na].